The molecule has 0 aliphatic carbocycles. The Morgan fingerprint density at radius 3 is 2.57 bits per heavy atom. The summed E-state index contributed by atoms with van der Waals surface area (Å²) in [6.07, 6.45) is 0.736. The van der Waals surface area contributed by atoms with Crippen molar-refractivity contribution in [2.75, 3.05) is 0 Å². The molecule has 0 aliphatic rings. The van der Waals surface area contributed by atoms with E-state index in [1.165, 1.54) is 17.5 Å². The highest BCUT2D eigenvalue weighted by Gasteiger charge is 2.17. The lowest BCUT2D eigenvalue weighted by atomic mass is 10.2. The molecule has 0 fully saturated rings. The third-order valence-electron chi connectivity index (χ3n) is 2.07. The minimum atomic E-state index is -0.672. The molecule has 1 aromatic carbocycles. The average molecular weight is 211 g/mol. The van der Waals surface area contributed by atoms with Crippen LogP contribution in [0.25, 0.3) is 0 Å². The topological polar surface area (TPSA) is 32.3 Å². The maximum absolute atomic E-state index is 9.70. The van der Waals surface area contributed by atoms with Gasteiger partial charge >= 0.3 is 0 Å². The van der Waals surface area contributed by atoms with E-state index in [2.05, 4.69) is 16.9 Å². The van der Waals surface area contributed by atoms with Gasteiger partial charge in [0, 0.05) is 6.54 Å². The highest BCUT2D eigenvalue weighted by molar-refractivity contribution is 7.98. The summed E-state index contributed by atoms with van der Waals surface area (Å²) in [5, 5.41) is 9.70. The Morgan fingerprint density at radius 2 is 2.00 bits per heavy atom. The Hall–Kier alpha value is -0.510. The molecule has 1 atom stereocenters. The Kier molecular flexibility index (Phi) is 4.45. The van der Waals surface area contributed by atoms with Gasteiger partial charge in [0.2, 0.25) is 0 Å². The van der Waals surface area contributed by atoms with Crippen LogP contribution in [-0.2, 0) is 6.54 Å². The predicted molar refractivity (Wildman–Crippen MR) is 61.8 cm³/mol. The van der Waals surface area contributed by atoms with E-state index in [0.29, 0.717) is 0 Å². The monoisotopic (exact) mass is 211 g/mol. The van der Waals surface area contributed by atoms with Crippen molar-refractivity contribution in [3.05, 3.63) is 35.9 Å². The second-order valence-corrected chi connectivity index (χ2v) is 4.81. The van der Waals surface area contributed by atoms with Crippen molar-refractivity contribution in [2.24, 2.45) is 0 Å². The number of aliphatic hydroxyl groups is 1. The first kappa shape index (κ1) is 11.6. The van der Waals surface area contributed by atoms with Gasteiger partial charge in [-0.25, -0.2) is 0 Å². The molecule has 1 rings (SSSR count). The first-order valence-corrected chi connectivity index (χ1v) is 5.63. The van der Waals surface area contributed by atoms with Crippen molar-refractivity contribution in [1.29, 1.82) is 0 Å². The highest BCUT2D eigenvalue weighted by atomic mass is 32.2. The second kappa shape index (κ2) is 5.39. The molecular formula is C11H17NOS. The minimum Gasteiger partial charge on any atom is -0.379 e. The number of hydrogen-bond donors (Lipinski definition) is 2. The molecule has 1 unspecified atom stereocenters. The molecule has 0 aromatic heterocycles. The summed E-state index contributed by atoms with van der Waals surface area (Å²) in [5.74, 6) is 0. The van der Waals surface area contributed by atoms with Crippen molar-refractivity contribution in [1.82, 2.24) is 4.72 Å². The zero-order valence-corrected chi connectivity index (χ0v) is 9.47. The van der Waals surface area contributed by atoms with E-state index < -0.39 is 4.93 Å². The fourth-order valence-corrected chi connectivity index (χ4v) is 1.64. The van der Waals surface area contributed by atoms with Gasteiger partial charge in [-0.3, -0.25) is 4.72 Å². The van der Waals surface area contributed by atoms with Crippen LogP contribution in [0.1, 0.15) is 25.8 Å². The van der Waals surface area contributed by atoms with Crippen LogP contribution in [0.3, 0.4) is 0 Å². The molecule has 78 valence electrons. The van der Waals surface area contributed by atoms with Gasteiger partial charge in [-0.2, -0.15) is 0 Å². The van der Waals surface area contributed by atoms with Crippen LogP contribution in [0.4, 0.5) is 0 Å². The van der Waals surface area contributed by atoms with Gasteiger partial charge in [0.1, 0.15) is 4.93 Å². The summed E-state index contributed by atoms with van der Waals surface area (Å²) in [6, 6.07) is 10.2. The summed E-state index contributed by atoms with van der Waals surface area (Å²) in [6.45, 7) is 4.56. The first-order chi connectivity index (χ1) is 6.64. The van der Waals surface area contributed by atoms with Crippen LogP contribution in [0.5, 0.6) is 0 Å². The number of hydrogen-bond acceptors (Lipinski definition) is 3. The van der Waals surface area contributed by atoms with E-state index in [9.17, 15) is 5.11 Å². The maximum Gasteiger partial charge on any atom is 0.121 e. The third-order valence-corrected chi connectivity index (χ3v) is 3.08. The van der Waals surface area contributed by atoms with Gasteiger partial charge in [0.05, 0.1) is 0 Å². The van der Waals surface area contributed by atoms with Gasteiger partial charge < -0.3 is 5.11 Å². The van der Waals surface area contributed by atoms with Crippen LogP contribution >= 0.6 is 11.9 Å². The van der Waals surface area contributed by atoms with Gasteiger partial charge in [-0.15, -0.1) is 0 Å². The molecule has 2 N–H and O–H groups in total. The molecule has 0 saturated carbocycles. The average Bonchev–Trinajstić information content (AvgIpc) is 2.19. The number of nitrogens with one attached hydrogen (secondary N) is 1. The SMILES string of the molecule is CCC(C)(O)SNCc1ccccc1. The molecule has 14 heavy (non-hydrogen) atoms. The molecule has 0 radical (unpaired) electrons. The van der Waals surface area contributed by atoms with Crippen molar-refractivity contribution >= 4 is 11.9 Å². The summed E-state index contributed by atoms with van der Waals surface area (Å²) in [4.78, 5) is -0.672. The van der Waals surface area contributed by atoms with Crippen LogP contribution in [0, 0.1) is 0 Å². The molecule has 0 heterocycles. The second-order valence-electron chi connectivity index (χ2n) is 3.44. The fraction of sp³-hybridized carbons (Fsp3) is 0.455. The van der Waals surface area contributed by atoms with Crippen LogP contribution in [0.2, 0.25) is 0 Å². The number of rotatable bonds is 5. The van der Waals surface area contributed by atoms with E-state index in [4.69, 9.17) is 0 Å². The van der Waals surface area contributed by atoms with E-state index in [1.54, 1.807) is 0 Å². The summed E-state index contributed by atoms with van der Waals surface area (Å²) in [7, 11) is 0. The van der Waals surface area contributed by atoms with Crippen molar-refractivity contribution in [2.45, 2.75) is 31.7 Å². The van der Waals surface area contributed by atoms with E-state index in [1.807, 2.05) is 32.0 Å². The van der Waals surface area contributed by atoms with E-state index in [-0.39, 0.29) is 0 Å². The molecule has 0 spiro atoms. The predicted octanol–water partition coefficient (Wildman–Crippen LogP) is 2.54. The zero-order valence-electron chi connectivity index (χ0n) is 8.66. The third kappa shape index (κ3) is 4.13. The summed E-state index contributed by atoms with van der Waals surface area (Å²) < 4.78 is 3.16. The first-order valence-electron chi connectivity index (χ1n) is 4.81. The minimum absolute atomic E-state index is 0.672. The van der Waals surface area contributed by atoms with Crippen molar-refractivity contribution < 1.29 is 5.11 Å². The van der Waals surface area contributed by atoms with Crippen LogP contribution in [0.15, 0.2) is 30.3 Å². The summed E-state index contributed by atoms with van der Waals surface area (Å²) in [5.41, 5.74) is 1.23. The van der Waals surface area contributed by atoms with Gasteiger partial charge in [-0.1, -0.05) is 37.3 Å². The molecule has 0 aliphatic heterocycles. The van der Waals surface area contributed by atoms with Gasteiger partial charge in [0.15, 0.2) is 0 Å². The van der Waals surface area contributed by atoms with Crippen molar-refractivity contribution in [3.63, 3.8) is 0 Å². The molecule has 0 amide bonds. The lowest BCUT2D eigenvalue weighted by Gasteiger charge is -2.20. The van der Waals surface area contributed by atoms with Crippen LogP contribution < -0.4 is 4.72 Å². The van der Waals surface area contributed by atoms with E-state index >= 15 is 0 Å². The fourth-order valence-electron chi connectivity index (χ4n) is 0.943. The normalized spacial score (nSPS) is 15.1. The standard InChI is InChI=1S/C11H17NOS/c1-3-11(2,13)14-12-9-10-7-5-4-6-8-10/h4-8,12-13H,3,9H2,1-2H3. The molecule has 1 aromatic rings. The largest absolute Gasteiger partial charge is 0.379 e. The van der Waals surface area contributed by atoms with Gasteiger partial charge in [-0.05, 0) is 30.9 Å². The maximum atomic E-state index is 9.70. The Morgan fingerprint density at radius 1 is 1.36 bits per heavy atom. The smallest absolute Gasteiger partial charge is 0.121 e. The molecule has 0 saturated heterocycles. The lowest BCUT2D eigenvalue weighted by Crippen LogP contribution is -2.23. The number of benzene rings is 1. The zero-order chi connectivity index (χ0) is 10.4. The molecule has 3 heteroatoms. The molecule has 2 nitrogen and oxygen atoms in total. The van der Waals surface area contributed by atoms with E-state index in [0.717, 1.165) is 13.0 Å². The Labute approximate surface area is 89.9 Å². The lowest BCUT2D eigenvalue weighted by molar-refractivity contribution is 0.152. The van der Waals surface area contributed by atoms with Crippen LogP contribution in [-0.4, -0.2) is 10.0 Å². The Balaban J connectivity index is 2.29. The van der Waals surface area contributed by atoms with Gasteiger partial charge in [0.25, 0.3) is 0 Å². The quantitative estimate of drug-likeness (QED) is 0.580. The van der Waals surface area contributed by atoms with Crippen molar-refractivity contribution in [3.8, 4) is 0 Å². The summed E-state index contributed by atoms with van der Waals surface area (Å²) >= 11 is 1.38. The molecular weight excluding hydrogens is 194 g/mol. The Bertz CT molecular complexity index is 261. The molecule has 0 bridgehead atoms. The highest BCUT2D eigenvalue weighted by Crippen LogP contribution is 2.22.